The Morgan fingerprint density at radius 2 is 1.10 bits per heavy atom. The molecule has 0 saturated carbocycles. The van der Waals surface area contributed by atoms with Gasteiger partial charge in [0.15, 0.2) is 0 Å². The van der Waals surface area contributed by atoms with Crippen molar-refractivity contribution >= 4 is 53.5 Å². The van der Waals surface area contributed by atoms with E-state index in [9.17, 15) is 28.8 Å². The number of carbonyl (C=O) groups excluding carboxylic acids is 9. The molecule has 0 radical (unpaired) electrons. The molecule has 0 bridgehead atoms. The van der Waals surface area contributed by atoms with Crippen LogP contribution < -0.4 is 26.0 Å². The first-order valence-electron chi connectivity index (χ1n) is 34.3. The lowest BCUT2D eigenvalue weighted by Gasteiger charge is -2.42. The molecular formula is C77H99N9O12. The maximum absolute atomic E-state index is 15.4. The summed E-state index contributed by atoms with van der Waals surface area (Å²) in [4.78, 5) is 136. The normalized spacial score (nSPS) is 19.5. The van der Waals surface area contributed by atoms with E-state index in [1.807, 2.05) is 94.5 Å². The number of amides is 9. The Balaban J connectivity index is 0.881. The van der Waals surface area contributed by atoms with Gasteiger partial charge in [0.25, 0.3) is 5.91 Å². The van der Waals surface area contributed by atoms with E-state index in [4.69, 9.17) is 14.2 Å². The van der Waals surface area contributed by atoms with Crippen LogP contribution in [0.25, 0.3) is 0 Å². The van der Waals surface area contributed by atoms with Crippen LogP contribution in [-0.2, 0) is 77.1 Å². The lowest BCUT2D eigenvalue weighted by Crippen LogP contribution is -2.60. The highest BCUT2D eigenvalue weighted by Crippen LogP contribution is 2.37. The van der Waals surface area contributed by atoms with Crippen LogP contribution in [0.15, 0.2) is 121 Å². The van der Waals surface area contributed by atoms with Crippen LogP contribution in [0.1, 0.15) is 175 Å². The summed E-state index contributed by atoms with van der Waals surface area (Å²) >= 11 is 0. The predicted molar refractivity (Wildman–Crippen MR) is 372 cm³/mol. The number of hydrogen-bond donors (Lipinski definition) is 4. The highest BCUT2D eigenvalue weighted by Gasteiger charge is 2.47. The third-order valence-corrected chi connectivity index (χ3v) is 19.2. The number of rotatable bonds is 19. The van der Waals surface area contributed by atoms with Crippen molar-refractivity contribution in [2.24, 2.45) is 5.41 Å². The number of likely N-dealkylation sites (tertiary alicyclic amines) is 1. The Kier molecular flexibility index (Phi) is 22.8. The smallest absolute Gasteiger partial charge is 0.410 e. The van der Waals surface area contributed by atoms with Crippen LogP contribution in [0.3, 0.4) is 0 Å². The van der Waals surface area contributed by atoms with Gasteiger partial charge in [-0.05, 0) is 175 Å². The van der Waals surface area contributed by atoms with Crippen molar-refractivity contribution in [2.75, 3.05) is 27.7 Å². The molecular weight excluding hydrogens is 1240 g/mol. The molecule has 2 aliphatic heterocycles. The number of nitrogens with zero attached hydrogens (tertiary/aromatic N) is 5. The molecule has 0 aromatic heterocycles. The van der Waals surface area contributed by atoms with Gasteiger partial charge in [0.05, 0.1) is 12.1 Å². The van der Waals surface area contributed by atoms with E-state index in [0.29, 0.717) is 23.3 Å². The highest BCUT2D eigenvalue weighted by molar-refractivity contribution is 5.97. The quantitative estimate of drug-likeness (QED) is 0.0604. The van der Waals surface area contributed by atoms with Crippen LogP contribution in [0.4, 0.5) is 9.59 Å². The summed E-state index contributed by atoms with van der Waals surface area (Å²) in [7, 11) is 4.73. The van der Waals surface area contributed by atoms with Crippen molar-refractivity contribution in [3.63, 3.8) is 0 Å². The van der Waals surface area contributed by atoms with E-state index < -0.39 is 101 Å². The summed E-state index contributed by atoms with van der Waals surface area (Å²) < 4.78 is 17.3. The van der Waals surface area contributed by atoms with Gasteiger partial charge in [-0.25, -0.2) is 9.59 Å². The Morgan fingerprint density at radius 1 is 0.571 bits per heavy atom. The Hall–Kier alpha value is -9.27. The number of fused-ring (bicyclic) bond motifs is 3. The second kappa shape index (κ2) is 30.7. The molecule has 2 heterocycles. The van der Waals surface area contributed by atoms with E-state index in [1.54, 1.807) is 102 Å². The summed E-state index contributed by atoms with van der Waals surface area (Å²) in [6.45, 7) is 19.2. The average molecular weight is 1340 g/mol. The summed E-state index contributed by atoms with van der Waals surface area (Å²) in [6.07, 6.45) is 4.10. The molecule has 21 heteroatoms. The molecule has 9 rings (SSSR count). The molecule has 4 N–H and O–H groups in total. The molecule has 21 nitrogen and oxygen atoms in total. The van der Waals surface area contributed by atoms with Gasteiger partial charge < -0.3 is 50.2 Å². The average Bonchev–Trinajstić information content (AvgIpc) is 1.08. The van der Waals surface area contributed by atoms with Crippen LogP contribution in [0.5, 0.6) is 5.75 Å². The molecule has 5 aromatic carbocycles. The first-order valence-corrected chi connectivity index (χ1v) is 34.3. The molecule has 1 saturated heterocycles. The van der Waals surface area contributed by atoms with E-state index >= 15 is 14.4 Å². The second-order valence-electron chi connectivity index (χ2n) is 29.8. The summed E-state index contributed by atoms with van der Waals surface area (Å²) in [5.41, 5.74) is 5.62. The van der Waals surface area contributed by atoms with Crippen molar-refractivity contribution in [1.29, 1.82) is 0 Å². The number of likely N-dealkylation sites (N-methyl/N-ethyl adjacent to an activating group) is 3. The first kappa shape index (κ1) is 73.0. The zero-order valence-electron chi connectivity index (χ0n) is 59.4. The van der Waals surface area contributed by atoms with E-state index in [1.165, 1.54) is 34.4 Å². The number of nitrogens with one attached hydrogen (secondary N) is 4. The largest absolute Gasteiger partial charge is 0.489 e. The number of benzene rings is 5. The zero-order valence-corrected chi connectivity index (χ0v) is 59.4. The number of aryl methyl sites for hydroxylation is 2. The second-order valence-corrected chi connectivity index (χ2v) is 29.8. The fourth-order valence-electron chi connectivity index (χ4n) is 13.3. The van der Waals surface area contributed by atoms with Gasteiger partial charge in [-0.3, -0.25) is 43.4 Å². The van der Waals surface area contributed by atoms with Crippen LogP contribution >= 0.6 is 0 Å². The fraction of sp³-hybridized carbons (Fsp3) is 0.494. The van der Waals surface area contributed by atoms with Crippen molar-refractivity contribution in [3.05, 3.63) is 171 Å². The molecule has 1 unspecified atom stereocenters. The lowest BCUT2D eigenvalue weighted by molar-refractivity contribution is -0.149. The Labute approximate surface area is 577 Å². The van der Waals surface area contributed by atoms with Crippen LogP contribution in [-0.4, -0.2) is 159 Å². The number of ether oxygens (including phenoxy) is 3. The maximum Gasteiger partial charge on any atom is 0.410 e. The third-order valence-electron chi connectivity index (χ3n) is 19.2. The monoisotopic (exact) mass is 1340 g/mol. The predicted octanol–water partition coefficient (Wildman–Crippen LogP) is 9.72. The maximum atomic E-state index is 15.4. The minimum absolute atomic E-state index is 0.0219. The van der Waals surface area contributed by atoms with Gasteiger partial charge in [0, 0.05) is 58.7 Å². The van der Waals surface area contributed by atoms with E-state index in [0.717, 1.165) is 65.5 Å². The third kappa shape index (κ3) is 17.9. The van der Waals surface area contributed by atoms with E-state index in [-0.39, 0.29) is 62.9 Å². The molecule has 4 aliphatic rings. The molecule has 2 aliphatic carbocycles. The van der Waals surface area contributed by atoms with Crippen molar-refractivity contribution in [3.8, 4) is 5.75 Å². The summed E-state index contributed by atoms with van der Waals surface area (Å²) in [6, 6.07) is 30.6. The van der Waals surface area contributed by atoms with Crippen LogP contribution in [0, 0.1) is 5.41 Å². The molecule has 5 aromatic rings. The Bertz CT molecular complexity index is 3740. The molecule has 1 fully saturated rings. The highest BCUT2D eigenvalue weighted by atomic mass is 16.6. The molecule has 0 spiro atoms. The van der Waals surface area contributed by atoms with E-state index in [2.05, 4.69) is 39.5 Å². The van der Waals surface area contributed by atoms with Gasteiger partial charge in [-0.2, -0.15) is 0 Å². The zero-order chi connectivity index (χ0) is 71.1. The van der Waals surface area contributed by atoms with Crippen molar-refractivity contribution in [2.45, 2.75) is 213 Å². The minimum atomic E-state index is -1.17. The number of carbonyl (C=O) groups is 9. The van der Waals surface area contributed by atoms with Crippen LogP contribution in [0.2, 0.25) is 0 Å². The molecule has 9 atom stereocenters. The van der Waals surface area contributed by atoms with Gasteiger partial charge in [0.2, 0.25) is 35.4 Å². The Morgan fingerprint density at radius 3 is 1.69 bits per heavy atom. The lowest BCUT2D eigenvalue weighted by atomic mass is 9.85. The SMILES string of the molecule is C[C@@H](C(=O)NC(C(=O)N1C[C@@H](NC(=O)c2ccc(COc3ccc(C[C@H](NC(=O)[C@H](C)N(C)C(=O)OC(C)(C)C)C(=O)N4Cc5ccccc5C[C@H]4C(=O)N(C)[C@@H]4CCCc5ccccc54)cc3)cc2)C[C@H]1C(=O)N[C@@H]1CCCc2ccccc21)C(C)(C)C)N(C)C(=O)OC(C)(C)C. The topological polar surface area (TPSA) is 246 Å². The molecule has 98 heavy (non-hydrogen) atoms. The van der Waals surface area contributed by atoms with Crippen molar-refractivity contribution in [1.82, 2.24) is 45.8 Å². The first-order chi connectivity index (χ1) is 46.2. The fourth-order valence-corrected chi connectivity index (χ4v) is 13.3. The van der Waals surface area contributed by atoms with Gasteiger partial charge in [-0.1, -0.05) is 118 Å². The number of hydrogen-bond acceptors (Lipinski definition) is 12. The van der Waals surface area contributed by atoms with Crippen molar-refractivity contribution < 1.29 is 57.4 Å². The summed E-state index contributed by atoms with van der Waals surface area (Å²) in [5.74, 6) is -2.63. The van der Waals surface area contributed by atoms with Gasteiger partial charge in [0.1, 0.15) is 59.8 Å². The molecule has 524 valence electrons. The molecule has 9 amide bonds. The minimum Gasteiger partial charge on any atom is -0.489 e. The van der Waals surface area contributed by atoms with Gasteiger partial charge >= 0.3 is 12.2 Å². The standard InChI is InChI=1S/C77H99N9O12/c1-47(82(12)73(94)97-76(6,7)8)66(87)80-61(70(91)85-44-55-26-16-15-25-54(55)42-64(85)71(92)84(14)62-32-22-28-52-24-18-20-30-59(52)62)41-49-35-39-57(40-36-49)96-46-50-33-37-53(38-34-50)68(89)78-56-43-63(69(90)79-60-31-21-27-51-23-17-19-29-58(51)60)86(45-56)72(93)65(75(3,4)5)81-67(88)48(2)83(13)74(95)98-77(9,10)11/h15-20,23-26,29-30,33-40,47-48,56,60-65H,21-22,27-28,31-32,41-46H2,1-14H3,(H,78,89)(H,79,90)(H,80,87)(H,81,88)/t47-,48-,56-,60+,61-,62+,63-,64-,65?/m0/s1. The van der Waals surface area contributed by atoms with Gasteiger partial charge in [-0.15, -0.1) is 0 Å². The summed E-state index contributed by atoms with van der Waals surface area (Å²) in [5, 5.41) is 12.2.